The molecule has 0 spiro atoms. The molecule has 2 atom stereocenters. The Morgan fingerprint density at radius 3 is 3.00 bits per heavy atom. The van der Waals surface area contributed by atoms with Crippen molar-refractivity contribution >= 4 is 22.8 Å². The molecule has 2 N–H and O–H groups in total. The van der Waals surface area contributed by atoms with Crippen LogP contribution in [0, 0.1) is 0 Å². The Morgan fingerprint density at radius 1 is 1.38 bits per heavy atom. The molecule has 0 radical (unpaired) electrons. The van der Waals surface area contributed by atoms with Gasteiger partial charge in [0.15, 0.2) is 0 Å². The molecular weight excluding hydrogens is 332 g/mol. The number of H-pyrrole nitrogens is 1. The summed E-state index contributed by atoms with van der Waals surface area (Å²) in [7, 11) is 0. The molecule has 2 aliphatic rings. The number of para-hydroxylation sites is 1. The first-order valence-electron chi connectivity index (χ1n) is 8.96. The Bertz CT molecular complexity index is 898. The van der Waals surface area contributed by atoms with Crippen LogP contribution in [0.5, 0.6) is 0 Å². The zero-order valence-corrected chi connectivity index (χ0v) is 14.7. The van der Waals surface area contributed by atoms with Gasteiger partial charge in [0.2, 0.25) is 0 Å². The lowest BCUT2D eigenvalue weighted by Gasteiger charge is -2.39. The van der Waals surface area contributed by atoms with Gasteiger partial charge in [0.05, 0.1) is 6.04 Å². The molecule has 0 unspecified atom stereocenters. The first kappa shape index (κ1) is 16.8. The number of aromatic nitrogens is 1. The molecule has 0 saturated carbocycles. The van der Waals surface area contributed by atoms with Crippen LogP contribution in [0.15, 0.2) is 35.9 Å². The van der Waals surface area contributed by atoms with Crippen LogP contribution in [0.25, 0.3) is 10.9 Å². The predicted molar refractivity (Wildman–Crippen MR) is 96.8 cm³/mol. The molecular formula is C20H22N2O4. The highest BCUT2D eigenvalue weighted by molar-refractivity contribution is 5.90. The third-order valence-electron chi connectivity index (χ3n) is 5.38. The molecule has 1 aromatic carbocycles. The SMILES string of the molecule is C[C@H](OC(=O)CC(=O)O)C1=CC[C@H]2c3[nH]c4ccccc4c3CCN2C1. The molecule has 1 aromatic heterocycles. The second kappa shape index (κ2) is 6.61. The van der Waals surface area contributed by atoms with E-state index in [2.05, 4.69) is 34.2 Å². The van der Waals surface area contributed by atoms with Gasteiger partial charge < -0.3 is 14.8 Å². The van der Waals surface area contributed by atoms with E-state index in [0.29, 0.717) is 6.04 Å². The highest BCUT2D eigenvalue weighted by atomic mass is 16.5. The minimum absolute atomic E-state index is 0.317. The number of rotatable bonds is 4. The number of aromatic amines is 1. The summed E-state index contributed by atoms with van der Waals surface area (Å²) < 4.78 is 5.28. The van der Waals surface area contributed by atoms with E-state index in [1.54, 1.807) is 0 Å². The van der Waals surface area contributed by atoms with Crippen molar-refractivity contribution in [2.24, 2.45) is 0 Å². The van der Waals surface area contributed by atoms with Gasteiger partial charge in [-0.2, -0.15) is 0 Å². The lowest BCUT2D eigenvalue weighted by molar-refractivity contribution is -0.153. The van der Waals surface area contributed by atoms with Gasteiger partial charge in [-0.1, -0.05) is 24.3 Å². The fourth-order valence-corrected chi connectivity index (χ4v) is 4.12. The predicted octanol–water partition coefficient (Wildman–Crippen LogP) is 2.80. The van der Waals surface area contributed by atoms with E-state index in [0.717, 1.165) is 31.5 Å². The van der Waals surface area contributed by atoms with Crippen LogP contribution in [0.4, 0.5) is 0 Å². The number of benzene rings is 1. The van der Waals surface area contributed by atoms with Crippen molar-refractivity contribution in [3.05, 3.63) is 47.2 Å². The van der Waals surface area contributed by atoms with E-state index in [1.165, 1.54) is 22.2 Å². The van der Waals surface area contributed by atoms with Crippen LogP contribution < -0.4 is 0 Å². The van der Waals surface area contributed by atoms with Crippen molar-refractivity contribution in [3.8, 4) is 0 Å². The Morgan fingerprint density at radius 2 is 2.19 bits per heavy atom. The molecule has 4 rings (SSSR count). The number of carbonyl (C=O) groups is 2. The van der Waals surface area contributed by atoms with Crippen molar-refractivity contribution in [1.29, 1.82) is 0 Å². The molecule has 0 fully saturated rings. The monoisotopic (exact) mass is 354 g/mol. The number of hydrogen-bond donors (Lipinski definition) is 2. The molecule has 26 heavy (non-hydrogen) atoms. The van der Waals surface area contributed by atoms with Gasteiger partial charge in [0, 0.05) is 29.7 Å². The summed E-state index contributed by atoms with van der Waals surface area (Å²) in [6.07, 6.45) is 3.00. The summed E-state index contributed by atoms with van der Waals surface area (Å²) in [4.78, 5) is 28.2. The smallest absolute Gasteiger partial charge is 0.317 e. The summed E-state index contributed by atoms with van der Waals surface area (Å²) in [5, 5.41) is 10.0. The zero-order chi connectivity index (χ0) is 18.3. The summed E-state index contributed by atoms with van der Waals surface area (Å²) in [6, 6.07) is 8.74. The van der Waals surface area contributed by atoms with Crippen molar-refractivity contribution in [3.63, 3.8) is 0 Å². The van der Waals surface area contributed by atoms with Crippen molar-refractivity contribution in [1.82, 2.24) is 9.88 Å². The number of fused-ring (bicyclic) bond motifs is 5. The normalized spacial score (nSPS) is 20.8. The van der Waals surface area contributed by atoms with E-state index >= 15 is 0 Å². The number of esters is 1. The van der Waals surface area contributed by atoms with Crippen LogP contribution in [0.2, 0.25) is 0 Å². The molecule has 2 aromatic rings. The molecule has 0 bridgehead atoms. The molecule has 2 aliphatic heterocycles. The van der Waals surface area contributed by atoms with Gasteiger partial charge in [-0.05, 0) is 37.0 Å². The third kappa shape index (κ3) is 3.01. The maximum Gasteiger partial charge on any atom is 0.317 e. The van der Waals surface area contributed by atoms with E-state index in [1.807, 2.05) is 13.0 Å². The molecule has 0 saturated heterocycles. The first-order chi connectivity index (χ1) is 12.5. The second-order valence-corrected chi connectivity index (χ2v) is 7.02. The van der Waals surface area contributed by atoms with Crippen molar-refractivity contribution in [2.45, 2.75) is 38.3 Å². The van der Waals surface area contributed by atoms with Crippen LogP contribution in [0.1, 0.15) is 37.1 Å². The number of carboxylic acid groups (broad SMARTS) is 1. The van der Waals surface area contributed by atoms with Crippen LogP contribution >= 0.6 is 0 Å². The average Bonchev–Trinajstić information content (AvgIpc) is 2.99. The Kier molecular flexibility index (Phi) is 4.28. The van der Waals surface area contributed by atoms with Crippen molar-refractivity contribution in [2.75, 3.05) is 13.1 Å². The molecule has 0 aliphatic carbocycles. The summed E-state index contributed by atoms with van der Waals surface area (Å²) in [5.74, 6) is -1.85. The van der Waals surface area contributed by atoms with E-state index < -0.39 is 24.5 Å². The molecule has 6 nitrogen and oxygen atoms in total. The quantitative estimate of drug-likeness (QED) is 0.501. The maximum atomic E-state index is 11.6. The number of hydrogen-bond acceptors (Lipinski definition) is 4. The number of ether oxygens (including phenoxy) is 1. The third-order valence-corrected chi connectivity index (χ3v) is 5.38. The summed E-state index contributed by atoms with van der Waals surface area (Å²) in [5.41, 5.74) is 4.94. The van der Waals surface area contributed by atoms with E-state index in [4.69, 9.17) is 9.84 Å². The highest BCUT2D eigenvalue weighted by Crippen LogP contribution is 2.39. The second-order valence-electron chi connectivity index (χ2n) is 7.02. The minimum atomic E-state index is -1.16. The fourth-order valence-electron chi connectivity index (χ4n) is 4.12. The molecule has 136 valence electrons. The highest BCUT2D eigenvalue weighted by Gasteiger charge is 2.33. The molecule has 3 heterocycles. The Labute approximate surface area is 151 Å². The van der Waals surface area contributed by atoms with Gasteiger partial charge in [-0.25, -0.2) is 0 Å². The van der Waals surface area contributed by atoms with Gasteiger partial charge >= 0.3 is 11.9 Å². The fraction of sp³-hybridized carbons (Fsp3) is 0.400. The topological polar surface area (TPSA) is 82.6 Å². The summed E-state index contributed by atoms with van der Waals surface area (Å²) in [6.45, 7) is 3.51. The Balaban J connectivity index is 1.52. The summed E-state index contributed by atoms with van der Waals surface area (Å²) >= 11 is 0. The van der Waals surface area contributed by atoms with Crippen LogP contribution in [-0.4, -0.2) is 46.1 Å². The number of carboxylic acids is 1. The molecule has 0 amide bonds. The Hall–Kier alpha value is -2.60. The van der Waals surface area contributed by atoms with Gasteiger partial charge in [-0.3, -0.25) is 14.5 Å². The van der Waals surface area contributed by atoms with Crippen LogP contribution in [0.3, 0.4) is 0 Å². The van der Waals surface area contributed by atoms with E-state index in [9.17, 15) is 9.59 Å². The number of carbonyl (C=O) groups excluding carboxylic acids is 1. The lowest BCUT2D eigenvalue weighted by atomic mass is 9.90. The zero-order valence-electron chi connectivity index (χ0n) is 14.7. The van der Waals surface area contributed by atoms with Crippen LogP contribution in [-0.2, 0) is 20.7 Å². The number of nitrogens with zero attached hydrogens (tertiary/aromatic N) is 1. The lowest BCUT2D eigenvalue weighted by Crippen LogP contribution is -2.40. The molecule has 6 heteroatoms. The van der Waals surface area contributed by atoms with Gasteiger partial charge in [0.1, 0.15) is 12.5 Å². The average molecular weight is 354 g/mol. The maximum absolute atomic E-state index is 11.6. The van der Waals surface area contributed by atoms with Crippen molar-refractivity contribution < 1.29 is 19.4 Å². The first-order valence-corrected chi connectivity index (χ1v) is 8.96. The van der Waals surface area contributed by atoms with E-state index in [-0.39, 0.29) is 0 Å². The van der Waals surface area contributed by atoms with Gasteiger partial charge in [0.25, 0.3) is 0 Å². The number of nitrogens with one attached hydrogen (secondary N) is 1. The van der Waals surface area contributed by atoms with Gasteiger partial charge in [-0.15, -0.1) is 0 Å². The number of aliphatic carboxylic acids is 1. The largest absolute Gasteiger partial charge is 0.481 e. The standard InChI is InChI=1S/C20H22N2O4/c1-12(26-19(25)10-18(23)24)13-6-7-17-20-15(8-9-22(17)11-13)14-4-2-3-5-16(14)21-20/h2-6,12,17,21H,7-11H2,1H3,(H,23,24)/t12-,17-/m0/s1. The minimum Gasteiger partial charge on any atom is -0.481 e.